The smallest absolute Gasteiger partial charge is 0.264 e. The van der Waals surface area contributed by atoms with Gasteiger partial charge in [-0.1, -0.05) is 47.8 Å². The number of hydrogen-bond acceptors (Lipinski definition) is 4. The van der Waals surface area contributed by atoms with Crippen molar-refractivity contribution in [1.29, 1.82) is 0 Å². The normalized spacial score (nSPS) is 12.2. The Hall–Kier alpha value is 0.0400. The van der Waals surface area contributed by atoms with Crippen molar-refractivity contribution in [3.63, 3.8) is 0 Å². The summed E-state index contributed by atoms with van der Waals surface area (Å²) in [6.45, 7) is 0.335. The number of benzene rings is 1. The quantitative estimate of drug-likeness (QED) is 0.262. The average molecular weight is 509 g/mol. The van der Waals surface area contributed by atoms with Gasteiger partial charge in [0.25, 0.3) is 10.1 Å². The van der Waals surface area contributed by atoms with E-state index in [0.717, 1.165) is 0 Å². The number of hydrogen-bond donors (Lipinski definition) is 1. The van der Waals surface area contributed by atoms with E-state index < -0.39 is 12.3 Å². The number of ether oxygens (including phenoxy) is 1. The number of Topliss-reactive ketones (excluding diaryl/α,β-unsaturated/α-hetero) is 1. The Bertz CT molecular complexity index is 578. The maximum atomic E-state index is 11.9. The largest absolute Gasteiger partial charge is 0.494 e. The maximum absolute atomic E-state index is 11.9. The van der Waals surface area contributed by atoms with Crippen molar-refractivity contribution >= 4 is 63.7 Å². The van der Waals surface area contributed by atoms with Gasteiger partial charge in [0.2, 0.25) is 5.78 Å². The molecule has 0 fully saturated rings. The number of carbonyl (C=O) groups excluding carboxylic acids is 1. The number of halogens is 3. The monoisotopic (exact) mass is 506 g/mol. The first-order valence-electron chi connectivity index (χ1n) is 5.89. The van der Waals surface area contributed by atoms with Crippen molar-refractivity contribution in [2.24, 2.45) is 0 Å². The zero-order chi connectivity index (χ0) is 16.1. The molecule has 1 rings (SSSR count). The summed E-state index contributed by atoms with van der Waals surface area (Å²) in [5.74, 6) is 0.137. The molecule has 0 heterocycles. The molecular weight excluding hydrogens is 496 g/mol. The van der Waals surface area contributed by atoms with Gasteiger partial charge >= 0.3 is 0 Å². The van der Waals surface area contributed by atoms with Gasteiger partial charge in [0.05, 0.1) is 12.4 Å². The highest BCUT2D eigenvalue weighted by molar-refractivity contribution is 9.40. The van der Waals surface area contributed by atoms with Crippen molar-refractivity contribution in [2.75, 3.05) is 12.4 Å². The molecule has 0 amide bonds. The van der Waals surface area contributed by atoms with E-state index >= 15 is 0 Å². The van der Waals surface area contributed by atoms with Crippen LogP contribution in [0.4, 0.5) is 0 Å². The van der Waals surface area contributed by atoms with Crippen molar-refractivity contribution in [3.05, 3.63) is 29.8 Å². The maximum Gasteiger partial charge on any atom is 0.264 e. The van der Waals surface area contributed by atoms with E-state index in [2.05, 4.69) is 47.8 Å². The van der Waals surface area contributed by atoms with Gasteiger partial charge in [-0.05, 0) is 37.1 Å². The number of rotatable bonds is 7. The first kappa shape index (κ1) is 19.1. The molecule has 0 unspecified atom stereocenters. The molecule has 0 atom stereocenters. The fourth-order valence-electron chi connectivity index (χ4n) is 1.44. The lowest BCUT2D eigenvalue weighted by Gasteiger charge is -2.11. The zero-order valence-electron chi connectivity index (χ0n) is 10.8. The fraction of sp³-hybridized carbons (Fsp3) is 0.417. The summed E-state index contributed by atoms with van der Waals surface area (Å²) in [5.41, 5.74) is 0.499. The molecule has 1 aromatic carbocycles. The predicted octanol–water partition coefficient (Wildman–Crippen LogP) is 3.75. The van der Waals surface area contributed by atoms with Gasteiger partial charge in [-0.15, -0.1) is 0 Å². The van der Waals surface area contributed by atoms with Crippen LogP contribution in [0.3, 0.4) is 0 Å². The molecule has 0 radical (unpaired) electrons. The van der Waals surface area contributed by atoms with E-state index in [1.54, 1.807) is 24.3 Å². The molecule has 0 aliphatic heterocycles. The van der Waals surface area contributed by atoms with Crippen LogP contribution in [0.2, 0.25) is 0 Å². The summed E-state index contributed by atoms with van der Waals surface area (Å²) >= 11 is 9.47. The lowest BCUT2D eigenvalue weighted by Crippen LogP contribution is -2.16. The summed E-state index contributed by atoms with van der Waals surface area (Å²) in [5, 5.41) is 0. The second-order valence-corrected chi connectivity index (χ2v) is 12.5. The van der Waals surface area contributed by atoms with Crippen LogP contribution in [0.15, 0.2) is 24.3 Å². The van der Waals surface area contributed by atoms with E-state index in [1.807, 2.05) is 0 Å². The highest BCUT2D eigenvalue weighted by Crippen LogP contribution is 2.37. The zero-order valence-corrected chi connectivity index (χ0v) is 16.3. The average Bonchev–Trinajstić information content (AvgIpc) is 2.36. The van der Waals surface area contributed by atoms with E-state index in [1.165, 1.54) is 0 Å². The van der Waals surface area contributed by atoms with Gasteiger partial charge in [0, 0.05) is 5.56 Å². The molecule has 118 valence electrons. The fourth-order valence-corrected chi connectivity index (χ4v) is 2.70. The third kappa shape index (κ3) is 7.73. The van der Waals surface area contributed by atoms with Crippen LogP contribution in [0, 0.1) is 0 Å². The molecule has 5 nitrogen and oxygen atoms in total. The summed E-state index contributed by atoms with van der Waals surface area (Å²) in [4.78, 5) is 11.9. The molecule has 0 bridgehead atoms. The Kier molecular flexibility index (Phi) is 7.32. The van der Waals surface area contributed by atoms with Crippen molar-refractivity contribution in [3.8, 4) is 5.75 Å². The lowest BCUT2D eigenvalue weighted by atomic mass is 10.1. The molecule has 0 aromatic heterocycles. The topological polar surface area (TPSA) is 80.7 Å². The van der Waals surface area contributed by atoms with Crippen LogP contribution in [-0.2, 0) is 10.1 Å². The molecule has 1 N–H and O–H groups in total. The molecule has 1 aromatic rings. The Morgan fingerprint density at radius 2 is 1.71 bits per heavy atom. The van der Waals surface area contributed by atoms with Crippen LogP contribution < -0.4 is 4.74 Å². The van der Waals surface area contributed by atoms with Gasteiger partial charge in [-0.25, -0.2) is 0 Å². The number of carbonyl (C=O) groups is 1. The second kappa shape index (κ2) is 8.05. The number of ketones is 1. The van der Waals surface area contributed by atoms with E-state index in [9.17, 15) is 13.2 Å². The summed E-state index contributed by atoms with van der Waals surface area (Å²) < 4.78 is 34.0. The third-order valence-corrected chi connectivity index (χ3v) is 4.32. The van der Waals surface area contributed by atoms with Crippen LogP contribution in [0.1, 0.15) is 23.2 Å². The summed E-state index contributed by atoms with van der Waals surface area (Å²) in [6.07, 6.45) is 0.836. The molecule has 0 aliphatic rings. The third-order valence-electron chi connectivity index (χ3n) is 2.44. The number of unbranched alkanes of at least 4 members (excludes halogenated alkanes) is 1. The van der Waals surface area contributed by atoms with Gasteiger partial charge in [-0.3, -0.25) is 9.35 Å². The first-order chi connectivity index (χ1) is 9.59. The van der Waals surface area contributed by atoms with Crippen LogP contribution in [0.25, 0.3) is 0 Å². The molecule has 21 heavy (non-hydrogen) atoms. The van der Waals surface area contributed by atoms with E-state index in [0.29, 0.717) is 30.8 Å². The minimum atomic E-state index is -3.90. The second-order valence-electron chi connectivity index (χ2n) is 4.19. The van der Waals surface area contributed by atoms with Crippen molar-refractivity contribution < 1.29 is 22.5 Å². The molecular formula is C12H13Br3O5S. The molecule has 0 saturated heterocycles. The van der Waals surface area contributed by atoms with E-state index in [-0.39, 0.29) is 11.5 Å². The summed E-state index contributed by atoms with van der Waals surface area (Å²) in [7, 11) is -3.90. The molecule has 0 spiro atoms. The molecule has 0 aliphatic carbocycles. The Balaban J connectivity index is 2.44. The standard InChI is InChI=1S/C12H13Br3O5S/c13-12(14,15)11(16)9-3-5-10(6-4-9)20-7-1-2-8-21(17,18)19/h3-6H,1-2,7-8H2,(H,17,18,19). The highest BCUT2D eigenvalue weighted by atomic mass is 80.0. The van der Waals surface area contributed by atoms with Gasteiger partial charge in [0.1, 0.15) is 5.75 Å². The van der Waals surface area contributed by atoms with Gasteiger partial charge in [-0.2, -0.15) is 8.42 Å². The minimum absolute atomic E-state index is 0.179. The highest BCUT2D eigenvalue weighted by Gasteiger charge is 2.29. The summed E-state index contributed by atoms with van der Waals surface area (Å²) in [6, 6.07) is 6.59. The molecule has 9 heteroatoms. The Morgan fingerprint density at radius 3 is 2.19 bits per heavy atom. The number of alkyl halides is 3. The Morgan fingerprint density at radius 1 is 1.14 bits per heavy atom. The van der Waals surface area contributed by atoms with Crippen LogP contribution >= 0.6 is 47.8 Å². The van der Waals surface area contributed by atoms with Crippen LogP contribution in [0.5, 0.6) is 5.75 Å². The van der Waals surface area contributed by atoms with Crippen molar-refractivity contribution in [2.45, 2.75) is 15.0 Å². The van der Waals surface area contributed by atoms with Crippen molar-refractivity contribution in [1.82, 2.24) is 0 Å². The minimum Gasteiger partial charge on any atom is -0.494 e. The predicted molar refractivity (Wildman–Crippen MR) is 91.4 cm³/mol. The Labute approximate surface area is 148 Å². The van der Waals surface area contributed by atoms with Gasteiger partial charge in [0.15, 0.2) is 2.14 Å². The van der Waals surface area contributed by atoms with Gasteiger partial charge < -0.3 is 4.74 Å². The van der Waals surface area contributed by atoms with Crippen LogP contribution in [-0.4, -0.2) is 33.3 Å². The van der Waals surface area contributed by atoms with E-state index in [4.69, 9.17) is 9.29 Å². The first-order valence-corrected chi connectivity index (χ1v) is 9.88. The lowest BCUT2D eigenvalue weighted by molar-refractivity contribution is 0.101. The molecule has 0 saturated carbocycles. The SMILES string of the molecule is O=C(c1ccc(OCCCCS(=O)(=O)O)cc1)C(Br)(Br)Br.